The average Bonchev–Trinajstić information content (AvgIpc) is 3.47. The van der Waals surface area contributed by atoms with Gasteiger partial charge in [-0.05, 0) is 52.7 Å². The Balaban J connectivity index is 1.64. The molecule has 0 aliphatic rings. The monoisotopic (exact) mass is 683 g/mol. The van der Waals surface area contributed by atoms with Crippen molar-refractivity contribution in [1.82, 2.24) is 20.2 Å². The van der Waals surface area contributed by atoms with Crippen LogP contribution in [0.4, 0.5) is 10.6 Å². The Labute approximate surface area is 292 Å². The lowest BCUT2D eigenvalue weighted by atomic mass is 10.0. The average molecular weight is 684 g/mol. The van der Waals surface area contributed by atoms with Crippen molar-refractivity contribution in [3.05, 3.63) is 108 Å². The molecular formula is C38H45N5O7. The van der Waals surface area contributed by atoms with Crippen LogP contribution in [0.2, 0.25) is 0 Å². The number of aromatic nitrogens is 2. The third kappa shape index (κ3) is 10.5. The maximum atomic E-state index is 13.9. The van der Waals surface area contributed by atoms with Crippen LogP contribution >= 0.6 is 0 Å². The Morgan fingerprint density at radius 1 is 0.840 bits per heavy atom. The molecule has 12 nitrogen and oxygen atoms in total. The molecule has 0 saturated carbocycles. The zero-order valence-electron chi connectivity index (χ0n) is 29.3. The summed E-state index contributed by atoms with van der Waals surface area (Å²) in [4.78, 5) is 58.0. The van der Waals surface area contributed by atoms with E-state index in [0.717, 1.165) is 5.56 Å². The van der Waals surface area contributed by atoms with Crippen molar-refractivity contribution in [2.24, 2.45) is 0 Å². The Bertz CT molecular complexity index is 1740. The number of alkyl carbamates (subject to hydrolysis) is 1. The van der Waals surface area contributed by atoms with Crippen LogP contribution in [0.3, 0.4) is 0 Å². The number of hydrogen-bond donors (Lipinski definition) is 3. The first-order valence-corrected chi connectivity index (χ1v) is 16.4. The van der Waals surface area contributed by atoms with Crippen molar-refractivity contribution in [2.45, 2.75) is 71.4 Å². The van der Waals surface area contributed by atoms with Gasteiger partial charge in [0, 0.05) is 11.8 Å². The van der Waals surface area contributed by atoms with E-state index in [4.69, 9.17) is 19.2 Å². The van der Waals surface area contributed by atoms with Crippen molar-refractivity contribution < 1.29 is 33.4 Å². The van der Waals surface area contributed by atoms with E-state index in [2.05, 4.69) is 16.0 Å². The number of nitrogens with zero attached hydrogens (tertiary/aromatic N) is 2. The van der Waals surface area contributed by atoms with Crippen molar-refractivity contribution >= 4 is 29.7 Å². The van der Waals surface area contributed by atoms with Gasteiger partial charge in [0.2, 0.25) is 5.91 Å². The molecule has 1 aromatic heterocycles. The fourth-order valence-electron chi connectivity index (χ4n) is 4.94. The largest absolute Gasteiger partial charge is 0.464 e. The summed E-state index contributed by atoms with van der Waals surface area (Å²) in [5, 5.41) is 8.07. The zero-order chi connectivity index (χ0) is 36.3. The van der Waals surface area contributed by atoms with Gasteiger partial charge in [0.25, 0.3) is 5.91 Å². The number of carbonyl (C=O) groups is 4. The molecule has 3 N–H and O–H groups in total. The summed E-state index contributed by atoms with van der Waals surface area (Å²) >= 11 is 0. The van der Waals surface area contributed by atoms with Gasteiger partial charge in [-0.3, -0.25) is 9.59 Å². The normalized spacial score (nSPS) is 12.7. The number of carbonyl (C=O) groups excluding carboxylic acids is 4. The van der Waals surface area contributed by atoms with Crippen molar-refractivity contribution in [3.63, 3.8) is 0 Å². The molecule has 0 saturated heterocycles. The zero-order valence-corrected chi connectivity index (χ0v) is 29.3. The molecule has 2 atom stereocenters. The number of hydrogen-bond acceptors (Lipinski definition) is 8. The predicted octanol–water partition coefficient (Wildman–Crippen LogP) is 5.65. The van der Waals surface area contributed by atoms with E-state index >= 15 is 0 Å². The lowest BCUT2D eigenvalue weighted by Crippen LogP contribution is -2.59. The van der Waals surface area contributed by atoms with Crippen LogP contribution in [0.1, 0.15) is 58.7 Å². The molecule has 3 aromatic carbocycles. The summed E-state index contributed by atoms with van der Waals surface area (Å²) in [6.07, 6.45) is 0.777. The molecule has 12 heteroatoms. The molecule has 0 spiro atoms. The van der Waals surface area contributed by atoms with Gasteiger partial charge in [-0.15, -0.1) is 0 Å². The second-order valence-corrected chi connectivity index (χ2v) is 13.1. The van der Waals surface area contributed by atoms with Crippen LogP contribution < -0.4 is 16.0 Å². The summed E-state index contributed by atoms with van der Waals surface area (Å²) < 4.78 is 18.3. The number of benzene rings is 3. The summed E-state index contributed by atoms with van der Waals surface area (Å²) in [6.45, 7) is 10.0. The molecule has 0 bridgehead atoms. The highest BCUT2D eigenvalue weighted by Gasteiger charge is 2.35. The van der Waals surface area contributed by atoms with Gasteiger partial charge in [-0.2, -0.15) is 0 Å². The Kier molecular flexibility index (Phi) is 12.5. The molecule has 4 aromatic rings. The Morgan fingerprint density at radius 2 is 1.44 bits per heavy atom. The van der Waals surface area contributed by atoms with Crippen LogP contribution in [0, 0.1) is 0 Å². The number of rotatable bonds is 14. The smallest absolute Gasteiger partial charge is 0.408 e. The molecular weight excluding hydrogens is 638 g/mol. The maximum Gasteiger partial charge on any atom is 0.408 e. The number of amides is 3. The molecule has 0 fully saturated rings. The third-order valence-corrected chi connectivity index (χ3v) is 7.32. The quantitative estimate of drug-likeness (QED) is 0.145. The second-order valence-electron chi connectivity index (χ2n) is 13.1. The second kappa shape index (κ2) is 16.8. The van der Waals surface area contributed by atoms with Gasteiger partial charge in [0.1, 0.15) is 23.0 Å². The molecule has 3 amide bonds. The lowest BCUT2D eigenvalue weighted by Gasteiger charge is -2.29. The fraction of sp³-hybridized carbons (Fsp3) is 0.342. The van der Waals surface area contributed by atoms with Crippen molar-refractivity contribution in [2.75, 3.05) is 18.5 Å². The summed E-state index contributed by atoms with van der Waals surface area (Å²) in [7, 11) is 0. The number of esters is 1. The minimum atomic E-state index is -1.45. The molecule has 4 rings (SSSR count). The van der Waals surface area contributed by atoms with Gasteiger partial charge in [0.15, 0.2) is 11.9 Å². The first-order chi connectivity index (χ1) is 23.8. The van der Waals surface area contributed by atoms with E-state index in [1.165, 1.54) is 13.8 Å². The van der Waals surface area contributed by atoms with Crippen molar-refractivity contribution in [1.29, 1.82) is 0 Å². The highest BCUT2D eigenvalue weighted by Crippen LogP contribution is 2.30. The molecule has 0 aliphatic heterocycles. The number of anilines is 1. The first kappa shape index (κ1) is 37.3. The van der Waals surface area contributed by atoms with E-state index < -0.39 is 47.1 Å². The van der Waals surface area contributed by atoms with Crippen LogP contribution in [-0.4, -0.2) is 63.8 Å². The van der Waals surface area contributed by atoms with Crippen molar-refractivity contribution in [3.8, 4) is 11.4 Å². The number of imidazole rings is 1. The first-order valence-electron chi connectivity index (χ1n) is 16.4. The minimum absolute atomic E-state index is 0.132. The van der Waals surface area contributed by atoms with Crippen LogP contribution in [-0.2, 0) is 35.2 Å². The predicted molar refractivity (Wildman–Crippen MR) is 189 cm³/mol. The fourth-order valence-corrected chi connectivity index (χ4v) is 4.94. The van der Waals surface area contributed by atoms with E-state index in [1.807, 2.05) is 91.0 Å². The molecule has 0 radical (unpaired) electrons. The summed E-state index contributed by atoms with van der Waals surface area (Å²) in [6, 6.07) is 25.6. The van der Waals surface area contributed by atoms with Crippen LogP contribution in [0.5, 0.6) is 0 Å². The Hall–Kier alpha value is -5.49. The van der Waals surface area contributed by atoms with E-state index in [1.54, 1.807) is 38.5 Å². The van der Waals surface area contributed by atoms with Crippen LogP contribution in [0.15, 0.2) is 97.2 Å². The maximum absolute atomic E-state index is 13.9. The molecule has 264 valence electrons. The van der Waals surface area contributed by atoms with Gasteiger partial charge in [0.05, 0.1) is 19.8 Å². The van der Waals surface area contributed by atoms with Gasteiger partial charge < -0.3 is 34.7 Å². The lowest BCUT2D eigenvalue weighted by molar-refractivity contribution is -0.145. The standard InChI is InChI=1S/C38H45N5O7/c1-7-49-34(45)31(27-19-13-9-14-20-27)43-23-30(40-32(43)28-21-15-10-16-22-28)41-33(44)29(25-48-24-26-17-11-8-12-18-26)39-35(46)38(5,6)42-36(47)50-37(2,3)4/h8-23,29,31H,7,24-25H2,1-6H3,(H,39,46)(H,41,44)(H,42,47). The highest BCUT2D eigenvalue weighted by molar-refractivity contribution is 5.99. The summed E-state index contributed by atoms with van der Waals surface area (Å²) in [5.41, 5.74) is 0.00761. The molecule has 50 heavy (non-hydrogen) atoms. The Morgan fingerprint density at radius 3 is 2.04 bits per heavy atom. The molecule has 1 heterocycles. The topological polar surface area (TPSA) is 150 Å². The molecule has 0 aliphatic carbocycles. The van der Waals surface area contributed by atoms with Crippen LogP contribution in [0.25, 0.3) is 11.4 Å². The van der Waals surface area contributed by atoms with Gasteiger partial charge in [-0.1, -0.05) is 91.0 Å². The minimum Gasteiger partial charge on any atom is -0.464 e. The van der Waals surface area contributed by atoms with E-state index in [9.17, 15) is 19.2 Å². The highest BCUT2D eigenvalue weighted by atomic mass is 16.6. The number of ether oxygens (including phenoxy) is 3. The van der Waals surface area contributed by atoms with E-state index in [0.29, 0.717) is 17.0 Å². The summed E-state index contributed by atoms with van der Waals surface area (Å²) in [5.74, 6) is -1.23. The van der Waals surface area contributed by atoms with Gasteiger partial charge in [-0.25, -0.2) is 14.6 Å². The third-order valence-electron chi connectivity index (χ3n) is 7.32. The van der Waals surface area contributed by atoms with E-state index in [-0.39, 0.29) is 25.6 Å². The number of nitrogens with one attached hydrogen (secondary N) is 3. The molecule has 2 unspecified atom stereocenters. The van der Waals surface area contributed by atoms with Gasteiger partial charge >= 0.3 is 12.1 Å². The SMILES string of the molecule is CCOC(=O)C(c1ccccc1)n1cc(NC(=O)C(COCc2ccccc2)NC(=O)C(C)(C)NC(=O)OC(C)(C)C)nc1-c1ccccc1.